The SMILES string of the molecule is O=C=NC1CC(C(=O)[O-])CCN1C(=O)Nc1ccc(OC(F)(F)F)cc1. The number of carboxylic acid groups (broad SMARTS) is 1. The van der Waals surface area contributed by atoms with Crippen LogP contribution in [0.1, 0.15) is 12.8 Å². The Hall–Kier alpha value is -3.07. The third kappa shape index (κ3) is 5.21. The van der Waals surface area contributed by atoms with Gasteiger partial charge in [-0.1, -0.05) is 0 Å². The minimum atomic E-state index is -4.83. The molecule has 0 bridgehead atoms. The van der Waals surface area contributed by atoms with E-state index in [2.05, 4.69) is 15.0 Å². The summed E-state index contributed by atoms with van der Waals surface area (Å²) < 4.78 is 40.1. The van der Waals surface area contributed by atoms with Crippen LogP contribution < -0.4 is 15.2 Å². The monoisotopic (exact) mass is 372 g/mol. The molecule has 0 spiro atoms. The number of amides is 2. The average Bonchev–Trinajstić information content (AvgIpc) is 2.55. The number of piperidine rings is 1. The number of halogens is 3. The first-order chi connectivity index (χ1) is 12.2. The first-order valence-corrected chi connectivity index (χ1v) is 7.41. The van der Waals surface area contributed by atoms with E-state index >= 15 is 0 Å². The molecule has 2 atom stereocenters. The number of hydrogen-bond acceptors (Lipinski definition) is 6. The first kappa shape index (κ1) is 19.3. The van der Waals surface area contributed by atoms with Gasteiger partial charge in [0.1, 0.15) is 11.9 Å². The standard InChI is InChI=1S/C15H14F3N3O5/c16-15(17,18)26-11-3-1-10(2-4-11)20-14(25)21-6-5-9(13(23)24)7-12(21)19-8-22/h1-4,9,12H,5-7H2,(H,20,25)(H,23,24)/p-1. The summed E-state index contributed by atoms with van der Waals surface area (Å²) in [5.74, 6) is -2.59. The van der Waals surface area contributed by atoms with Gasteiger partial charge in [0.2, 0.25) is 6.08 Å². The number of aliphatic imine (C=N–C) groups is 1. The second-order valence-corrected chi connectivity index (χ2v) is 5.44. The molecule has 1 aliphatic heterocycles. The third-order valence-electron chi connectivity index (χ3n) is 3.71. The number of likely N-dealkylation sites (tertiary alicyclic amines) is 1. The van der Waals surface area contributed by atoms with Crippen LogP contribution in [0.2, 0.25) is 0 Å². The maximum absolute atomic E-state index is 12.3. The van der Waals surface area contributed by atoms with E-state index < -0.39 is 36.2 Å². The molecule has 1 N–H and O–H groups in total. The molecule has 0 aliphatic carbocycles. The number of aliphatic carboxylic acids is 1. The molecular formula is C15H13F3N3O5-. The van der Waals surface area contributed by atoms with Crippen molar-refractivity contribution in [2.75, 3.05) is 11.9 Å². The topological polar surface area (TPSA) is 111 Å². The van der Waals surface area contributed by atoms with Crippen LogP contribution in [-0.4, -0.2) is 42.1 Å². The van der Waals surface area contributed by atoms with E-state index in [0.717, 1.165) is 17.0 Å². The quantitative estimate of drug-likeness (QED) is 0.631. The van der Waals surface area contributed by atoms with Crippen molar-refractivity contribution < 1.29 is 37.4 Å². The number of hydrogen-bond donors (Lipinski definition) is 1. The second-order valence-electron chi connectivity index (χ2n) is 5.44. The Bertz CT molecular complexity index is 716. The summed E-state index contributed by atoms with van der Waals surface area (Å²) in [6.45, 7) is 0.00952. The van der Waals surface area contributed by atoms with Crippen molar-refractivity contribution >= 4 is 23.8 Å². The number of rotatable bonds is 4. The molecule has 2 rings (SSSR count). The van der Waals surface area contributed by atoms with E-state index in [1.807, 2.05) is 0 Å². The number of urea groups is 1. The molecule has 1 aromatic carbocycles. The average molecular weight is 372 g/mol. The third-order valence-corrected chi connectivity index (χ3v) is 3.71. The highest BCUT2D eigenvalue weighted by Gasteiger charge is 2.33. The van der Waals surface area contributed by atoms with E-state index in [1.165, 1.54) is 18.2 Å². The fourth-order valence-corrected chi connectivity index (χ4v) is 2.51. The van der Waals surface area contributed by atoms with Gasteiger partial charge in [-0.05, 0) is 37.1 Å². The Morgan fingerprint density at radius 1 is 1.31 bits per heavy atom. The molecular weight excluding hydrogens is 359 g/mol. The fraction of sp³-hybridized carbons (Fsp3) is 0.400. The van der Waals surface area contributed by atoms with Crippen LogP contribution >= 0.6 is 0 Å². The molecule has 140 valence electrons. The maximum Gasteiger partial charge on any atom is 0.573 e. The Morgan fingerprint density at radius 2 is 1.96 bits per heavy atom. The van der Waals surface area contributed by atoms with Crippen LogP contribution in [0, 0.1) is 5.92 Å². The molecule has 26 heavy (non-hydrogen) atoms. The highest BCUT2D eigenvalue weighted by Crippen LogP contribution is 2.26. The summed E-state index contributed by atoms with van der Waals surface area (Å²) in [6.07, 6.45) is -4.52. The van der Waals surface area contributed by atoms with Crippen molar-refractivity contribution in [2.45, 2.75) is 25.4 Å². The van der Waals surface area contributed by atoms with Crippen molar-refractivity contribution in [3.63, 3.8) is 0 Å². The van der Waals surface area contributed by atoms with Gasteiger partial charge in [-0.2, -0.15) is 4.99 Å². The second kappa shape index (κ2) is 7.87. The number of alkyl halides is 3. The predicted molar refractivity (Wildman–Crippen MR) is 78.5 cm³/mol. The number of carbonyl (C=O) groups is 2. The van der Waals surface area contributed by atoms with Crippen LogP contribution in [0.3, 0.4) is 0 Å². The Kier molecular flexibility index (Phi) is 5.83. The Balaban J connectivity index is 2.04. The molecule has 2 unspecified atom stereocenters. The van der Waals surface area contributed by atoms with Gasteiger partial charge in [-0.15, -0.1) is 13.2 Å². The number of nitrogens with one attached hydrogen (secondary N) is 1. The molecule has 1 saturated heterocycles. The van der Waals surface area contributed by atoms with Gasteiger partial charge in [-0.3, -0.25) is 0 Å². The van der Waals surface area contributed by atoms with Crippen molar-refractivity contribution in [2.24, 2.45) is 10.9 Å². The lowest BCUT2D eigenvalue weighted by molar-refractivity contribution is -0.313. The summed E-state index contributed by atoms with van der Waals surface area (Å²) in [5.41, 5.74) is 0.181. The minimum Gasteiger partial charge on any atom is -0.550 e. The summed E-state index contributed by atoms with van der Waals surface area (Å²) in [5, 5.41) is 13.4. The van der Waals surface area contributed by atoms with Gasteiger partial charge in [0, 0.05) is 24.1 Å². The molecule has 0 aromatic heterocycles. The number of anilines is 1. The Labute approximate surface area is 145 Å². The smallest absolute Gasteiger partial charge is 0.550 e. The molecule has 11 heteroatoms. The van der Waals surface area contributed by atoms with Crippen molar-refractivity contribution in [3.05, 3.63) is 24.3 Å². The van der Waals surface area contributed by atoms with Gasteiger partial charge < -0.3 is 24.9 Å². The highest BCUT2D eigenvalue weighted by atomic mass is 19.4. The molecule has 1 fully saturated rings. The van der Waals surface area contributed by atoms with Gasteiger partial charge in [0.15, 0.2) is 0 Å². The van der Waals surface area contributed by atoms with Crippen LogP contribution in [0.5, 0.6) is 5.75 Å². The summed E-state index contributed by atoms with van der Waals surface area (Å²) in [7, 11) is 0. The predicted octanol–water partition coefficient (Wildman–Crippen LogP) is 1.24. The molecule has 0 radical (unpaired) electrons. The number of isocyanates is 1. The van der Waals surface area contributed by atoms with Crippen LogP contribution in [0.4, 0.5) is 23.7 Å². The summed E-state index contributed by atoms with van der Waals surface area (Å²) >= 11 is 0. The van der Waals surface area contributed by atoms with E-state index in [4.69, 9.17) is 0 Å². The molecule has 2 amide bonds. The van der Waals surface area contributed by atoms with Crippen molar-refractivity contribution in [1.29, 1.82) is 0 Å². The fourth-order valence-electron chi connectivity index (χ4n) is 2.51. The number of benzene rings is 1. The zero-order valence-corrected chi connectivity index (χ0v) is 13.2. The van der Waals surface area contributed by atoms with E-state index in [1.54, 1.807) is 0 Å². The summed E-state index contributed by atoms with van der Waals surface area (Å²) in [6, 6.07) is 3.75. The molecule has 0 saturated carbocycles. The summed E-state index contributed by atoms with van der Waals surface area (Å²) in [4.78, 5) is 38.3. The van der Waals surface area contributed by atoms with Crippen LogP contribution in [-0.2, 0) is 9.59 Å². The molecule has 1 aromatic rings. The zero-order valence-electron chi connectivity index (χ0n) is 13.2. The number of nitrogens with zero attached hydrogens (tertiary/aromatic N) is 2. The lowest BCUT2D eigenvalue weighted by atomic mass is 9.95. The van der Waals surface area contributed by atoms with E-state index in [9.17, 15) is 32.7 Å². The highest BCUT2D eigenvalue weighted by molar-refractivity contribution is 5.89. The zero-order chi connectivity index (χ0) is 19.3. The van der Waals surface area contributed by atoms with Gasteiger partial charge >= 0.3 is 12.4 Å². The van der Waals surface area contributed by atoms with Gasteiger partial charge in [-0.25, -0.2) is 9.59 Å². The lowest BCUT2D eigenvalue weighted by Gasteiger charge is -2.36. The molecule has 1 aliphatic rings. The van der Waals surface area contributed by atoms with Gasteiger partial charge in [0.05, 0.1) is 0 Å². The largest absolute Gasteiger partial charge is 0.573 e. The van der Waals surface area contributed by atoms with Crippen LogP contribution in [0.25, 0.3) is 0 Å². The number of ether oxygens (including phenoxy) is 1. The lowest BCUT2D eigenvalue weighted by Crippen LogP contribution is -2.50. The van der Waals surface area contributed by atoms with Gasteiger partial charge in [0.25, 0.3) is 0 Å². The number of carboxylic acids is 1. The minimum absolute atomic E-state index is 0.00952. The van der Waals surface area contributed by atoms with E-state index in [-0.39, 0.29) is 25.1 Å². The first-order valence-electron chi connectivity index (χ1n) is 7.41. The normalized spacial score (nSPS) is 20.0. The van der Waals surface area contributed by atoms with E-state index in [0.29, 0.717) is 0 Å². The maximum atomic E-state index is 12.3. The molecule has 8 nitrogen and oxygen atoms in total. The number of carbonyl (C=O) groups excluding carboxylic acids is 3. The molecule has 1 heterocycles. The van der Waals surface area contributed by atoms with Crippen molar-refractivity contribution in [3.8, 4) is 5.75 Å². The Morgan fingerprint density at radius 3 is 2.50 bits per heavy atom. The van der Waals surface area contributed by atoms with Crippen molar-refractivity contribution in [1.82, 2.24) is 4.90 Å². The van der Waals surface area contributed by atoms with Crippen LogP contribution in [0.15, 0.2) is 29.3 Å².